The maximum atomic E-state index is 13.2. The van der Waals surface area contributed by atoms with E-state index in [0.29, 0.717) is 23.5 Å². The summed E-state index contributed by atoms with van der Waals surface area (Å²) in [7, 11) is 0. The Morgan fingerprint density at radius 1 is 1.20 bits per heavy atom. The zero-order chi connectivity index (χ0) is 21.1. The highest BCUT2D eigenvalue weighted by atomic mass is 35.5. The van der Waals surface area contributed by atoms with Gasteiger partial charge in [0.25, 0.3) is 5.91 Å². The Kier molecular flexibility index (Phi) is 6.04. The Morgan fingerprint density at radius 2 is 1.90 bits per heavy atom. The molecule has 0 spiro atoms. The molecule has 2 aromatic carbocycles. The number of aromatic nitrogens is 2. The van der Waals surface area contributed by atoms with Crippen LogP contribution < -0.4 is 10.1 Å². The Balaban J connectivity index is 1.49. The van der Waals surface area contributed by atoms with Gasteiger partial charge in [-0.2, -0.15) is 5.10 Å². The molecule has 1 heterocycles. The SMILES string of the molecule is Cc1nn(-c2ccc(F)cc2)c(Cl)c1C(=O)NCc1ccccc1OC1CCCC1. The lowest BCUT2D eigenvalue weighted by Gasteiger charge is -2.16. The number of rotatable bonds is 6. The summed E-state index contributed by atoms with van der Waals surface area (Å²) in [6.45, 7) is 2.04. The third-order valence-electron chi connectivity index (χ3n) is 5.31. The van der Waals surface area contributed by atoms with Gasteiger partial charge in [0, 0.05) is 12.1 Å². The summed E-state index contributed by atoms with van der Waals surface area (Å²) < 4.78 is 20.8. The van der Waals surface area contributed by atoms with Crippen LogP contribution in [0.3, 0.4) is 0 Å². The molecular formula is C23H23ClFN3O2. The van der Waals surface area contributed by atoms with E-state index in [2.05, 4.69) is 10.4 Å². The van der Waals surface area contributed by atoms with Crippen molar-refractivity contribution in [2.24, 2.45) is 0 Å². The summed E-state index contributed by atoms with van der Waals surface area (Å²) in [6, 6.07) is 13.5. The molecule has 4 rings (SSSR count). The van der Waals surface area contributed by atoms with Crippen LogP contribution in [0.15, 0.2) is 48.5 Å². The molecule has 5 nitrogen and oxygen atoms in total. The molecule has 1 saturated carbocycles. The number of hydrogen-bond acceptors (Lipinski definition) is 3. The van der Waals surface area contributed by atoms with Gasteiger partial charge in [0.2, 0.25) is 0 Å². The van der Waals surface area contributed by atoms with Crippen molar-refractivity contribution in [3.05, 3.63) is 76.3 Å². The van der Waals surface area contributed by atoms with Gasteiger partial charge >= 0.3 is 0 Å². The molecule has 0 saturated heterocycles. The van der Waals surface area contributed by atoms with E-state index in [1.54, 1.807) is 19.1 Å². The summed E-state index contributed by atoms with van der Waals surface area (Å²) in [5, 5.41) is 7.46. The number of halogens is 2. The number of ether oxygens (including phenoxy) is 1. The fraction of sp³-hybridized carbons (Fsp3) is 0.304. The normalized spacial score (nSPS) is 14.1. The first kappa shape index (κ1) is 20.4. The van der Waals surface area contributed by atoms with Crippen LogP contribution >= 0.6 is 11.6 Å². The maximum absolute atomic E-state index is 13.2. The van der Waals surface area contributed by atoms with Crippen molar-refractivity contribution in [2.75, 3.05) is 0 Å². The number of aryl methyl sites for hydroxylation is 1. The van der Waals surface area contributed by atoms with Crippen LogP contribution in [0.5, 0.6) is 5.75 Å². The second-order valence-corrected chi connectivity index (χ2v) is 7.81. The monoisotopic (exact) mass is 427 g/mol. The number of benzene rings is 2. The Morgan fingerprint density at radius 3 is 2.63 bits per heavy atom. The van der Waals surface area contributed by atoms with Gasteiger partial charge in [0.15, 0.2) is 0 Å². The molecule has 3 aromatic rings. The van der Waals surface area contributed by atoms with Crippen LogP contribution in [0, 0.1) is 12.7 Å². The van der Waals surface area contributed by atoms with E-state index in [1.807, 2.05) is 24.3 Å². The lowest BCUT2D eigenvalue weighted by molar-refractivity contribution is 0.0950. The lowest BCUT2D eigenvalue weighted by Crippen LogP contribution is -2.24. The number of para-hydroxylation sites is 1. The highest BCUT2D eigenvalue weighted by Crippen LogP contribution is 2.27. The molecule has 1 aliphatic carbocycles. The summed E-state index contributed by atoms with van der Waals surface area (Å²) in [4.78, 5) is 12.9. The summed E-state index contributed by atoms with van der Waals surface area (Å²) in [5.74, 6) is 0.131. The van der Waals surface area contributed by atoms with Gasteiger partial charge in [0.1, 0.15) is 16.7 Å². The minimum Gasteiger partial charge on any atom is -0.490 e. The predicted octanol–water partition coefficient (Wildman–Crippen LogP) is 5.22. The minimum absolute atomic E-state index is 0.187. The van der Waals surface area contributed by atoms with E-state index >= 15 is 0 Å². The van der Waals surface area contributed by atoms with E-state index in [0.717, 1.165) is 24.2 Å². The summed E-state index contributed by atoms with van der Waals surface area (Å²) in [5.41, 5.74) is 2.30. The summed E-state index contributed by atoms with van der Waals surface area (Å²) in [6.07, 6.45) is 4.77. The first-order valence-electron chi connectivity index (χ1n) is 10.1. The van der Waals surface area contributed by atoms with Gasteiger partial charge in [-0.3, -0.25) is 4.79 Å². The zero-order valence-electron chi connectivity index (χ0n) is 16.7. The van der Waals surface area contributed by atoms with E-state index in [1.165, 1.54) is 29.7 Å². The molecule has 7 heteroatoms. The van der Waals surface area contributed by atoms with Gasteiger partial charge < -0.3 is 10.1 Å². The number of amides is 1. The molecule has 1 aromatic heterocycles. The fourth-order valence-corrected chi connectivity index (χ4v) is 4.08. The van der Waals surface area contributed by atoms with Crippen molar-refractivity contribution in [3.8, 4) is 11.4 Å². The van der Waals surface area contributed by atoms with Gasteiger partial charge in [0.05, 0.1) is 23.0 Å². The maximum Gasteiger partial charge on any atom is 0.256 e. The molecule has 1 aliphatic rings. The van der Waals surface area contributed by atoms with Crippen molar-refractivity contribution >= 4 is 17.5 Å². The lowest BCUT2D eigenvalue weighted by atomic mass is 10.1. The van der Waals surface area contributed by atoms with Crippen molar-refractivity contribution < 1.29 is 13.9 Å². The minimum atomic E-state index is -0.352. The number of carbonyl (C=O) groups is 1. The van der Waals surface area contributed by atoms with Crippen molar-refractivity contribution in [1.82, 2.24) is 15.1 Å². The van der Waals surface area contributed by atoms with E-state index in [4.69, 9.17) is 16.3 Å². The number of nitrogens with zero attached hydrogens (tertiary/aromatic N) is 2. The van der Waals surface area contributed by atoms with Crippen LogP contribution in [0.1, 0.15) is 47.3 Å². The molecule has 156 valence electrons. The van der Waals surface area contributed by atoms with Crippen LogP contribution in [0.2, 0.25) is 5.15 Å². The first-order chi connectivity index (χ1) is 14.5. The van der Waals surface area contributed by atoms with Crippen LogP contribution in [-0.2, 0) is 6.54 Å². The van der Waals surface area contributed by atoms with Crippen LogP contribution in [0.4, 0.5) is 4.39 Å². The average Bonchev–Trinajstić information content (AvgIpc) is 3.35. The van der Waals surface area contributed by atoms with Crippen molar-refractivity contribution in [2.45, 2.75) is 45.3 Å². The van der Waals surface area contributed by atoms with Gasteiger partial charge in [-0.1, -0.05) is 29.8 Å². The smallest absolute Gasteiger partial charge is 0.256 e. The Hall–Kier alpha value is -2.86. The van der Waals surface area contributed by atoms with Crippen LogP contribution in [-0.4, -0.2) is 21.8 Å². The Labute approximate surface area is 179 Å². The molecule has 0 radical (unpaired) electrons. The Bertz CT molecular complexity index is 1040. The van der Waals surface area contributed by atoms with Crippen molar-refractivity contribution in [3.63, 3.8) is 0 Å². The van der Waals surface area contributed by atoms with E-state index in [-0.39, 0.29) is 23.0 Å². The molecule has 0 aliphatic heterocycles. The zero-order valence-corrected chi connectivity index (χ0v) is 17.5. The largest absolute Gasteiger partial charge is 0.490 e. The quantitative estimate of drug-likeness (QED) is 0.586. The van der Waals surface area contributed by atoms with Crippen molar-refractivity contribution in [1.29, 1.82) is 0 Å². The topological polar surface area (TPSA) is 56.2 Å². The molecule has 0 atom stereocenters. The van der Waals surface area contributed by atoms with E-state index < -0.39 is 0 Å². The standard InChI is InChI=1S/C23H23ClFN3O2/c1-15-21(22(24)28(27-15)18-12-10-17(25)11-13-18)23(29)26-14-16-6-2-5-9-20(16)30-19-7-3-4-8-19/h2,5-6,9-13,19H,3-4,7-8,14H2,1H3,(H,26,29). The molecule has 1 N–H and O–H groups in total. The third kappa shape index (κ3) is 4.33. The first-order valence-corrected chi connectivity index (χ1v) is 10.4. The van der Waals surface area contributed by atoms with E-state index in [9.17, 15) is 9.18 Å². The number of nitrogens with one attached hydrogen (secondary N) is 1. The summed E-state index contributed by atoms with van der Waals surface area (Å²) >= 11 is 6.45. The average molecular weight is 428 g/mol. The molecule has 0 unspecified atom stereocenters. The molecule has 0 bridgehead atoms. The molecular weight excluding hydrogens is 405 g/mol. The van der Waals surface area contributed by atoms with Crippen LogP contribution in [0.25, 0.3) is 5.69 Å². The molecule has 30 heavy (non-hydrogen) atoms. The predicted molar refractivity (Wildman–Crippen MR) is 114 cm³/mol. The number of hydrogen-bond donors (Lipinski definition) is 1. The highest BCUT2D eigenvalue weighted by Gasteiger charge is 2.22. The third-order valence-corrected chi connectivity index (χ3v) is 5.66. The molecule has 1 fully saturated rings. The fourth-order valence-electron chi connectivity index (χ4n) is 3.72. The molecule has 1 amide bonds. The number of carbonyl (C=O) groups excluding carboxylic acids is 1. The highest BCUT2D eigenvalue weighted by molar-refractivity contribution is 6.33. The van der Waals surface area contributed by atoms with Gasteiger partial charge in [-0.15, -0.1) is 0 Å². The second-order valence-electron chi connectivity index (χ2n) is 7.45. The van der Waals surface area contributed by atoms with Gasteiger partial charge in [-0.05, 0) is 62.9 Å². The second kappa shape index (κ2) is 8.88. The van der Waals surface area contributed by atoms with Gasteiger partial charge in [-0.25, -0.2) is 9.07 Å².